The molecule has 24 heavy (non-hydrogen) atoms. The molecule has 7 heteroatoms. The molecule has 0 saturated heterocycles. The van der Waals surface area contributed by atoms with Gasteiger partial charge in [-0.25, -0.2) is 13.4 Å². The Morgan fingerprint density at radius 2 is 1.96 bits per heavy atom. The molecule has 1 aromatic carbocycles. The van der Waals surface area contributed by atoms with Crippen LogP contribution in [0.2, 0.25) is 0 Å². The molecule has 0 amide bonds. The summed E-state index contributed by atoms with van der Waals surface area (Å²) in [6.45, 7) is 7.71. The zero-order valence-electron chi connectivity index (χ0n) is 15.0. The first-order chi connectivity index (χ1) is 11.3. The summed E-state index contributed by atoms with van der Waals surface area (Å²) in [5, 5.41) is 6.37. The van der Waals surface area contributed by atoms with Crippen LogP contribution in [0.4, 0.5) is 0 Å². The second kappa shape index (κ2) is 10.2. The third-order valence-electron chi connectivity index (χ3n) is 3.30. The standard InChI is InChI=1S/C17H29N3O3S/c1-5-18-17(20-15(3)10-13-24(4,21)22)19-11-12-23-16-8-6-14(2)7-9-16/h6-9,15H,5,10-13H2,1-4H3,(H2,18,19,20). The number of nitrogens with zero attached hydrogens (tertiary/aromatic N) is 1. The molecule has 0 aliphatic carbocycles. The first-order valence-corrected chi connectivity index (χ1v) is 10.3. The molecular weight excluding hydrogens is 326 g/mol. The minimum atomic E-state index is -2.94. The fourth-order valence-corrected chi connectivity index (χ4v) is 2.75. The van der Waals surface area contributed by atoms with Crippen LogP contribution in [0.3, 0.4) is 0 Å². The maximum Gasteiger partial charge on any atom is 0.191 e. The van der Waals surface area contributed by atoms with Gasteiger partial charge in [-0.2, -0.15) is 0 Å². The molecule has 0 aliphatic rings. The van der Waals surface area contributed by atoms with Gasteiger partial charge in [0.05, 0.1) is 12.3 Å². The first-order valence-electron chi connectivity index (χ1n) is 8.22. The summed E-state index contributed by atoms with van der Waals surface area (Å²) >= 11 is 0. The Hall–Kier alpha value is -1.76. The highest BCUT2D eigenvalue weighted by Crippen LogP contribution is 2.10. The molecule has 2 N–H and O–H groups in total. The van der Waals surface area contributed by atoms with Gasteiger partial charge < -0.3 is 15.4 Å². The summed E-state index contributed by atoms with van der Waals surface area (Å²) in [7, 11) is -2.94. The van der Waals surface area contributed by atoms with Crippen LogP contribution in [-0.2, 0) is 9.84 Å². The van der Waals surface area contributed by atoms with Crippen molar-refractivity contribution in [2.45, 2.75) is 33.2 Å². The molecule has 1 atom stereocenters. The van der Waals surface area contributed by atoms with Gasteiger partial charge in [-0.05, 0) is 39.3 Å². The van der Waals surface area contributed by atoms with E-state index in [2.05, 4.69) is 15.6 Å². The van der Waals surface area contributed by atoms with Gasteiger partial charge in [0, 0.05) is 18.8 Å². The van der Waals surface area contributed by atoms with E-state index in [9.17, 15) is 8.42 Å². The molecule has 0 aromatic heterocycles. The highest BCUT2D eigenvalue weighted by atomic mass is 32.2. The zero-order chi connectivity index (χ0) is 18.0. The van der Waals surface area contributed by atoms with Crippen molar-refractivity contribution in [1.29, 1.82) is 0 Å². The van der Waals surface area contributed by atoms with Gasteiger partial charge in [0.2, 0.25) is 0 Å². The average Bonchev–Trinajstić information content (AvgIpc) is 2.51. The van der Waals surface area contributed by atoms with E-state index in [1.165, 1.54) is 11.8 Å². The molecule has 0 radical (unpaired) electrons. The van der Waals surface area contributed by atoms with Gasteiger partial charge >= 0.3 is 0 Å². The Balaban J connectivity index is 2.42. The Kier molecular flexibility index (Phi) is 8.60. The maximum atomic E-state index is 11.2. The van der Waals surface area contributed by atoms with E-state index < -0.39 is 9.84 Å². The summed E-state index contributed by atoms with van der Waals surface area (Å²) in [5.74, 6) is 1.66. The predicted octanol–water partition coefficient (Wildman–Crippen LogP) is 1.75. The molecule has 1 aromatic rings. The number of hydrogen-bond acceptors (Lipinski definition) is 4. The van der Waals surface area contributed by atoms with Crippen LogP contribution in [0, 0.1) is 6.92 Å². The molecule has 0 saturated carbocycles. The van der Waals surface area contributed by atoms with Crippen molar-refractivity contribution >= 4 is 15.8 Å². The molecule has 1 rings (SSSR count). The summed E-state index contributed by atoms with van der Waals surface area (Å²) in [5.41, 5.74) is 1.20. The Morgan fingerprint density at radius 1 is 1.29 bits per heavy atom. The molecule has 136 valence electrons. The number of nitrogens with one attached hydrogen (secondary N) is 2. The third kappa shape index (κ3) is 9.39. The van der Waals surface area contributed by atoms with Crippen LogP contribution in [0.15, 0.2) is 29.3 Å². The van der Waals surface area contributed by atoms with Crippen molar-refractivity contribution in [2.75, 3.05) is 31.7 Å². The molecular formula is C17H29N3O3S. The van der Waals surface area contributed by atoms with E-state index in [0.29, 0.717) is 25.5 Å². The highest BCUT2D eigenvalue weighted by Gasteiger charge is 2.09. The summed E-state index contributed by atoms with van der Waals surface area (Å²) < 4.78 is 28.1. The minimum absolute atomic E-state index is 0.0236. The number of aliphatic imine (C=N–C) groups is 1. The van der Waals surface area contributed by atoms with Gasteiger partial charge in [0.1, 0.15) is 22.2 Å². The maximum absolute atomic E-state index is 11.2. The number of hydrogen-bond donors (Lipinski definition) is 2. The van der Waals surface area contributed by atoms with Gasteiger partial charge in [-0.15, -0.1) is 0 Å². The van der Waals surface area contributed by atoms with E-state index in [1.807, 2.05) is 45.0 Å². The van der Waals surface area contributed by atoms with Crippen molar-refractivity contribution in [1.82, 2.24) is 10.6 Å². The van der Waals surface area contributed by atoms with Crippen LogP contribution in [0.1, 0.15) is 25.8 Å². The monoisotopic (exact) mass is 355 g/mol. The Morgan fingerprint density at radius 3 is 2.54 bits per heavy atom. The van der Waals surface area contributed by atoms with Crippen LogP contribution in [0.25, 0.3) is 0 Å². The number of benzene rings is 1. The van der Waals surface area contributed by atoms with Crippen LogP contribution in [0.5, 0.6) is 5.75 Å². The van der Waals surface area contributed by atoms with Gasteiger partial charge in [-0.3, -0.25) is 0 Å². The lowest BCUT2D eigenvalue weighted by atomic mass is 10.2. The SMILES string of the molecule is CCNC(=NCCOc1ccc(C)cc1)NC(C)CCS(C)(=O)=O. The summed E-state index contributed by atoms with van der Waals surface area (Å²) in [6.07, 6.45) is 1.80. The lowest BCUT2D eigenvalue weighted by molar-refractivity contribution is 0.328. The second-order valence-corrected chi connectivity index (χ2v) is 8.15. The van der Waals surface area contributed by atoms with E-state index >= 15 is 0 Å². The predicted molar refractivity (Wildman–Crippen MR) is 99.6 cm³/mol. The average molecular weight is 356 g/mol. The Bertz CT molecular complexity index is 612. The fraction of sp³-hybridized carbons (Fsp3) is 0.588. The normalized spacial score (nSPS) is 13.4. The zero-order valence-corrected chi connectivity index (χ0v) is 15.8. The minimum Gasteiger partial charge on any atom is -0.492 e. The number of aryl methyl sites for hydroxylation is 1. The van der Waals surface area contributed by atoms with E-state index in [4.69, 9.17) is 4.74 Å². The molecule has 0 fully saturated rings. The van der Waals surface area contributed by atoms with E-state index in [-0.39, 0.29) is 11.8 Å². The van der Waals surface area contributed by atoms with Gasteiger partial charge in [0.15, 0.2) is 5.96 Å². The Labute approximate surface area is 145 Å². The van der Waals surface area contributed by atoms with Crippen molar-refractivity contribution in [3.8, 4) is 5.75 Å². The molecule has 1 unspecified atom stereocenters. The summed E-state index contributed by atoms with van der Waals surface area (Å²) in [4.78, 5) is 4.45. The first kappa shape index (κ1) is 20.3. The number of sulfone groups is 1. The molecule has 6 nitrogen and oxygen atoms in total. The topological polar surface area (TPSA) is 79.8 Å². The highest BCUT2D eigenvalue weighted by molar-refractivity contribution is 7.90. The van der Waals surface area contributed by atoms with Crippen molar-refractivity contribution in [3.63, 3.8) is 0 Å². The van der Waals surface area contributed by atoms with Gasteiger partial charge in [0.25, 0.3) is 0 Å². The van der Waals surface area contributed by atoms with Gasteiger partial charge in [-0.1, -0.05) is 17.7 Å². The third-order valence-corrected chi connectivity index (χ3v) is 4.28. The van der Waals surface area contributed by atoms with Crippen LogP contribution < -0.4 is 15.4 Å². The second-order valence-electron chi connectivity index (χ2n) is 5.89. The quantitative estimate of drug-likeness (QED) is 0.401. The van der Waals surface area contributed by atoms with Crippen molar-refractivity contribution in [2.24, 2.45) is 4.99 Å². The fourth-order valence-electron chi connectivity index (χ4n) is 1.97. The molecule has 0 spiro atoms. The van der Waals surface area contributed by atoms with Crippen molar-refractivity contribution < 1.29 is 13.2 Å². The van der Waals surface area contributed by atoms with E-state index in [1.54, 1.807) is 0 Å². The van der Waals surface area contributed by atoms with E-state index in [0.717, 1.165) is 12.3 Å². The van der Waals surface area contributed by atoms with Crippen molar-refractivity contribution in [3.05, 3.63) is 29.8 Å². The lowest BCUT2D eigenvalue weighted by Gasteiger charge is -2.17. The molecule has 0 bridgehead atoms. The number of ether oxygens (including phenoxy) is 1. The lowest BCUT2D eigenvalue weighted by Crippen LogP contribution is -2.43. The molecule has 0 heterocycles. The smallest absolute Gasteiger partial charge is 0.191 e. The largest absolute Gasteiger partial charge is 0.492 e. The summed E-state index contributed by atoms with van der Waals surface area (Å²) in [6, 6.07) is 7.92. The van der Waals surface area contributed by atoms with Crippen LogP contribution in [-0.4, -0.2) is 52.1 Å². The molecule has 0 aliphatic heterocycles. The number of rotatable bonds is 9. The number of guanidine groups is 1. The van der Waals surface area contributed by atoms with Crippen LogP contribution >= 0.6 is 0 Å².